The summed E-state index contributed by atoms with van der Waals surface area (Å²) in [6, 6.07) is 7.11. The van der Waals surface area contributed by atoms with Crippen molar-refractivity contribution in [3.05, 3.63) is 42.2 Å². The molecule has 2 aromatic rings. The molecule has 0 saturated carbocycles. The number of nitrogens with zero attached hydrogens (tertiary/aromatic N) is 2. The minimum absolute atomic E-state index is 0.00900. The molecule has 0 aliphatic heterocycles. The van der Waals surface area contributed by atoms with Gasteiger partial charge in [0.25, 0.3) is 5.76 Å². The van der Waals surface area contributed by atoms with Crippen molar-refractivity contribution < 1.29 is 8.78 Å². The molecule has 1 atom stereocenters. The highest BCUT2D eigenvalue weighted by Gasteiger charge is 2.13. The van der Waals surface area contributed by atoms with Crippen molar-refractivity contribution >= 4 is 17.4 Å². The van der Waals surface area contributed by atoms with Crippen molar-refractivity contribution in [2.24, 2.45) is 0 Å². The van der Waals surface area contributed by atoms with Crippen LogP contribution < -0.4 is 5.32 Å². The van der Waals surface area contributed by atoms with Gasteiger partial charge < -0.3 is 5.32 Å². The van der Waals surface area contributed by atoms with Crippen LogP contribution in [0.25, 0.3) is 0 Å². The molecule has 20 heavy (non-hydrogen) atoms. The number of thioether (sulfide) groups is 1. The molecule has 0 fully saturated rings. The van der Waals surface area contributed by atoms with Gasteiger partial charge in [0, 0.05) is 28.9 Å². The third-order valence-electron chi connectivity index (χ3n) is 2.95. The molecule has 1 unspecified atom stereocenters. The number of rotatable bonds is 6. The summed E-state index contributed by atoms with van der Waals surface area (Å²) in [5.74, 6) is -2.42. The fourth-order valence-electron chi connectivity index (χ4n) is 1.88. The smallest absolute Gasteiger partial charge is 0.288 e. The number of hydrogen-bond acceptors (Lipinski definition) is 3. The molecule has 0 spiro atoms. The molecule has 2 rings (SSSR count). The Morgan fingerprint density at radius 3 is 2.75 bits per heavy atom. The number of hydrogen-bond donors (Lipinski definition) is 1. The topological polar surface area (TPSA) is 29.9 Å². The van der Waals surface area contributed by atoms with Crippen LogP contribution >= 0.6 is 11.8 Å². The zero-order chi connectivity index (χ0) is 14.5. The molecule has 0 bridgehead atoms. The molecule has 0 saturated heterocycles. The summed E-state index contributed by atoms with van der Waals surface area (Å²) in [4.78, 5) is 0.553. The summed E-state index contributed by atoms with van der Waals surface area (Å²) >= 11 is 0.555. The van der Waals surface area contributed by atoms with Crippen molar-refractivity contribution in [1.29, 1.82) is 0 Å². The van der Waals surface area contributed by atoms with E-state index in [2.05, 4.69) is 10.4 Å². The van der Waals surface area contributed by atoms with Gasteiger partial charge in [-0.05, 0) is 26.0 Å². The molecule has 1 heterocycles. The van der Waals surface area contributed by atoms with E-state index in [1.54, 1.807) is 18.3 Å². The van der Waals surface area contributed by atoms with Gasteiger partial charge in [-0.25, -0.2) is 0 Å². The van der Waals surface area contributed by atoms with E-state index in [9.17, 15) is 8.78 Å². The lowest BCUT2D eigenvalue weighted by molar-refractivity contribution is 0.252. The summed E-state index contributed by atoms with van der Waals surface area (Å²) in [7, 11) is 0. The molecule has 3 nitrogen and oxygen atoms in total. The van der Waals surface area contributed by atoms with Crippen LogP contribution in [0.15, 0.2) is 41.6 Å². The third-order valence-corrected chi connectivity index (χ3v) is 3.74. The maximum atomic E-state index is 12.5. The van der Waals surface area contributed by atoms with Crippen molar-refractivity contribution in [3.63, 3.8) is 0 Å². The maximum absolute atomic E-state index is 12.5. The van der Waals surface area contributed by atoms with Crippen LogP contribution in [0.5, 0.6) is 0 Å². The molecular weight excluding hydrogens is 280 g/mol. The van der Waals surface area contributed by atoms with Gasteiger partial charge >= 0.3 is 0 Å². The standard InChI is InChI=1S/C14H17F2N3S/c1-3-19-9-11(8-17-19)10(2)18-12-6-4-5-7-13(12)20-14(15)16/h4-10,14,18H,3H2,1-2H3. The number of aryl methyl sites for hydroxylation is 1. The molecule has 0 aliphatic rings. The maximum Gasteiger partial charge on any atom is 0.288 e. The lowest BCUT2D eigenvalue weighted by Crippen LogP contribution is -2.07. The minimum Gasteiger partial charge on any atom is -0.377 e. The van der Waals surface area contributed by atoms with Gasteiger partial charge in [-0.15, -0.1) is 0 Å². The third kappa shape index (κ3) is 3.72. The highest BCUT2D eigenvalue weighted by molar-refractivity contribution is 7.99. The second-order valence-electron chi connectivity index (χ2n) is 4.37. The fraction of sp³-hybridized carbons (Fsp3) is 0.357. The summed E-state index contributed by atoms with van der Waals surface area (Å²) in [6.07, 6.45) is 3.75. The largest absolute Gasteiger partial charge is 0.377 e. The van der Waals surface area contributed by atoms with Crippen LogP contribution in [0.3, 0.4) is 0 Å². The van der Waals surface area contributed by atoms with Gasteiger partial charge in [-0.1, -0.05) is 23.9 Å². The van der Waals surface area contributed by atoms with E-state index in [1.807, 2.05) is 36.9 Å². The van der Waals surface area contributed by atoms with Crippen molar-refractivity contribution in [1.82, 2.24) is 9.78 Å². The molecule has 1 aromatic heterocycles. The van der Waals surface area contributed by atoms with E-state index in [0.29, 0.717) is 16.7 Å². The fourth-order valence-corrected chi connectivity index (χ4v) is 2.48. The number of anilines is 1. The Labute approximate surface area is 121 Å². The normalized spacial score (nSPS) is 12.7. The van der Waals surface area contributed by atoms with Crippen LogP contribution in [0, 0.1) is 0 Å². The van der Waals surface area contributed by atoms with E-state index in [1.165, 1.54) is 0 Å². The first-order valence-electron chi connectivity index (χ1n) is 6.43. The van der Waals surface area contributed by atoms with Gasteiger partial charge in [0.15, 0.2) is 0 Å². The number of aromatic nitrogens is 2. The van der Waals surface area contributed by atoms with E-state index in [4.69, 9.17) is 0 Å². The summed E-state index contributed by atoms with van der Waals surface area (Å²) in [5.41, 5.74) is 1.75. The molecular formula is C14H17F2N3S. The Balaban J connectivity index is 2.12. The first-order valence-corrected chi connectivity index (χ1v) is 7.31. The first kappa shape index (κ1) is 14.8. The molecule has 0 radical (unpaired) electrons. The Hall–Kier alpha value is -1.56. The number of para-hydroxylation sites is 1. The van der Waals surface area contributed by atoms with E-state index in [-0.39, 0.29) is 6.04 Å². The molecule has 6 heteroatoms. The minimum atomic E-state index is -2.42. The second-order valence-corrected chi connectivity index (χ2v) is 5.40. The monoisotopic (exact) mass is 297 g/mol. The van der Waals surface area contributed by atoms with Crippen molar-refractivity contribution in [3.8, 4) is 0 Å². The number of halogens is 2. The highest BCUT2D eigenvalue weighted by Crippen LogP contribution is 2.33. The van der Waals surface area contributed by atoms with E-state index < -0.39 is 5.76 Å². The Morgan fingerprint density at radius 2 is 2.10 bits per heavy atom. The quantitative estimate of drug-likeness (QED) is 0.802. The zero-order valence-corrected chi connectivity index (χ0v) is 12.2. The molecule has 0 aliphatic carbocycles. The van der Waals surface area contributed by atoms with Crippen molar-refractivity contribution in [2.75, 3.05) is 5.32 Å². The predicted molar refractivity (Wildman–Crippen MR) is 78.2 cm³/mol. The van der Waals surface area contributed by atoms with Crippen LogP contribution in [0.1, 0.15) is 25.5 Å². The Morgan fingerprint density at radius 1 is 1.35 bits per heavy atom. The molecule has 1 aromatic carbocycles. The summed E-state index contributed by atoms with van der Waals surface area (Å²) in [6.45, 7) is 4.81. The van der Waals surface area contributed by atoms with Crippen LogP contribution in [0.4, 0.5) is 14.5 Å². The molecule has 1 N–H and O–H groups in total. The van der Waals surface area contributed by atoms with E-state index >= 15 is 0 Å². The second kappa shape index (κ2) is 6.74. The average Bonchev–Trinajstić information content (AvgIpc) is 2.89. The zero-order valence-electron chi connectivity index (χ0n) is 11.4. The van der Waals surface area contributed by atoms with Crippen LogP contribution in [-0.2, 0) is 6.54 Å². The summed E-state index contributed by atoms with van der Waals surface area (Å²) in [5, 5.41) is 7.48. The van der Waals surface area contributed by atoms with Crippen LogP contribution in [-0.4, -0.2) is 15.5 Å². The lowest BCUT2D eigenvalue weighted by Gasteiger charge is -2.16. The van der Waals surface area contributed by atoms with Gasteiger partial charge in [0.2, 0.25) is 0 Å². The Bertz CT molecular complexity index is 557. The molecule has 0 amide bonds. The summed E-state index contributed by atoms with van der Waals surface area (Å²) < 4.78 is 26.9. The van der Waals surface area contributed by atoms with Gasteiger partial charge in [-0.3, -0.25) is 4.68 Å². The van der Waals surface area contributed by atoms with Crippen molar-refractivity contribution in [2.45, 2.75) is 37.1 Å². The SMILES string of the molecule is CCn1cc(C(C)Nc2ccccc2SC(F)F)cn1. The average molecular weight is 297 g/mol. The lowest BCUT2D eigenvalue weighted by atomic mass is 10.2. The molecule has 108 valence electrons. The van der Waals surface area contributed by atoms with Gasteiger partial charge in [0.05, 0.1) is 12.2 Å². The van der Waals surface area contributed by atoms with Crippen LogP contribution in [0.2, 0.25) is 0 Å². The van der Waals surface area contributed by atoms with Gasteiger partial charge in [0.1, 0.15) is 0 Å². The Kier molecular flexibility index (Phi) is 5.00. The number of nitrogens with one attached hydrogen (secondary N) is 1. The van der Waals surface area contributed by atoms with E-state index in [0.717, 1.165) is 17.8 Å². The predicted octanol–water partition coefficient (Wildman–Crippen LogP) is 4.39. The highest BCUT2D eigenvalue weighted by atomic mass is 32.2. The number of alkyl halides is 2. The van der Waals surface area contributed by atoms with Gasteiger partial charge in [-0.2, -0.15) is 13.9 Å². The number of benzene rings is 1. The first-order chi connectivity index (χ1) is 9.60.